The van der Waals surface area contributed by atoms with Gasteiger partial charge in [0.25, 0.3) is 0 Å². The predicted octanol–water partition coefficient (Wildman–Crippen LogP) is 3.48. The van der Waals surface area contributed by atoms with Crippen molar-refractivity contribution < 1.29 is 14.3 Å². The van der Waals surface area contributed by atoms with Crippen molar-refractivity contribution in [3.8, 4) is 0 Å². The molecule has 2 amide bonds. The lowest BCUT2D eigenvalue weighted by molar-refractivity contribution is -0.134. The molecule has 1 unspecified atom stereocenters. The second kappa shape index (κ2) is 6.25. The van der Waals surface area contributed by atoms with Crippen LogP contribution in [0.2, 0.25) is 0 Å². The largest absolute Gasteiger partial charge is 0.444 e. The van der Waals surface area contributed by atoms with Gasteiger partial charge in [-0.05, 0) is 57.0 Å². The minimum atomic E-state index is -0.815. The predicted molar refractivity (Wildman–Crippen MR) is 104 cm³/mol. The van der Waals surface area contributed by atoms with E-state index in [4.69, 9.17) is 4.74 Å². The van der Waals surface area contributed by atoms with E-state index in [2.05, 4.69) is 5.32 Å². The van der Waals surface area contributed by atoms with Crippen LogP contribution in [0, 0.1) is 5.41 Å². The minimum absolute atomic E-state index is 0.0620. The van der Waals surface area contributed by atoms with Crippen LogP contribution in [0.4, 0.5) is 4.79 Å². The molecule has 2 aliphatic heterocycles. The number of hydrogen-bond donors (Lipinski definition) is 1. The number of carbonyl (C=O) groups excluding carboxylic acids is 2. The standard InChI is InChI=1S/C18H30N2O3S2/c1-15(2,3)23-14(22)19-18(11-16(18,4)5)13(21)20-8-7-17(12-20)24-9-6-10-25-17/h6-12H2,1-5H3,(H,19,22). The Morgan fingerprint density at radius 3 is 2.28 bits per heavy atom. The Hall–Kier alpha value is -0.560. The molecular weight excluding hydrogens is 356 g/mol. The van der Waals surface area contributed by atoms with Crippen molar-refractivity contribution >= 4 is 35.5 Å². The third-order valence-corrected chi connectivity index (χ3v) is 8.73. The van der Waals surface area contributed by atoms with Crippen molar-refractivity contribution in [1.82, 2.24) is 10.2 Å². The van der Waals surface area contributed by atoms with Crippen LogP contribution in [0.5, 0.6) is 0 Å². The number of amides is 2. The zero-order valence-corrected chi connectivity index (χ0v) is 17.6. The average Bonchev–Trinajstić information content (AvgIpc) is 2.84. The molecule has 0 bridgehead atoms. The summed E-state index contributed by atoms with van der Waals surface area (Å²) in [4.78, 5) is 27.6. The number of thioether (sulfide) groups is 2. The fraction of sp³-hybridized carbons (Fsp3) is 0.889. The average molecular weight is 387 g/mol. The minimum Gasteiger partial charge on any atom is -0.444 e. The Kier molecular flexibility index (Phi) is 4.81. The van der Waals surface area contributed by atoms with Crippen LogP contribution in [0.15, 0.2) is 0 Å². The molecule has 7 heteroatoms. The molecule has 1 spiro atoms. The summed E-state index contributed by atoms with van der Waals surface area (Å²) in [7, 11) is 0. The van der Waals surface area contributed by atoms with Crippen molar-refractivity contribution in [2.24, 2.45) is 5.41 Å². The SMILES string of the molecule is CC(C)(C)OC(=O)NC1(C(=O)N2CCC3(C2)SCCCS3)CC1(C)C. The van der Waals surface area contributed by atoms with Crippen molar-refractivity contribution in [1.29, 1.82) is 0 Å². The van der Waals surface area contributed by atoms with Crippen molar-refractivity contribution in [2.45, 2.75) is 69.1 Å². The van der Waals surface area contributed by atoms with Crippen LogP contribution < -0.4 is 5.32 Å². The van der Waals surface area contributed by atoms with Gasteiger partial charge in [0.05, 0.1) is 4.08 Å². The number of ether oxygens (including phenoxy) is 1. The number of rotatable bonds is 2. The van der Waals surface area contributed by atoms with E-state index in [-0.39, 0.29) is 15.4 Å². The highest BCUT2D eigenvalue weighted by molar-refractivity contribution is 8.18. The van der Waals surface area contributed by atoms with E-state index in [1.807, 2.05) is 63.0 Å². The molecule has 0 aromatic heterocycles. The van der Waals surface area contributed by atoms with Gasteiger partial charge in [-0.25, -0.2) is 4.79 Å². The Labute approximate surface area is 159 Å². The smallest absolute Gasteiger partial charge is 0.408 e. The molecule has 25 heavy (non-hydrogen) atoms. The lowest BCUT2D eigenvalue weighted by atomic mass is 10.0. The van der Waals surface area contributed by atoms with Gasteiger partial charge in [0, 0.05) is 13.1 Å². The molecule has 1 N–H and O–H groups in total. The summed E-state index contributed by atoms with van der Waals surface area (Å²) in [5.41, 5.74) is -1.62. The monoisotopic (exact) mass is 386 g/mol. The number of likely N-dealkylation sites (tertiary alicyclic amines) is 1. The van der Waals surface area contributed by atoms with Crippen LogP contribution in [0.3, 0.4) is 0 Å². The highest BCUT2D eigenvalue weighted by Crippen LogP contribution is 2.58. The Morgan fingerprint density at radius 2 is 1.76 bits per heavy atom. The van der Waals surface area contributed by atoms with Gasteiger partial charge in [-0.2, -0.15) is 0 Å². The molecule has 1 aliphatic carbocycles. The second-order valence-electron chi connectivity index (χ2n) is 9.03. The number of nitrogens with one attached hydrogen (secondary N) is 1. The molecule has 142 valence electrons. The van der Waals surface area contributed by atoms with Crippen LogP contribution in [0.25, 0.3) is 0 Å². The van der Waals surface area contributed by atoms with Gasteiger partial charge < -0.3 is 15.0 Å². The molecule has 2 saturated heterocycles. The number of alkyl carbamates (subject to hydrolysis) is 1. The summed E-state index contributed by atoms with van der Waals surface area (Å²) >= 11 is 4.01. The summed E-state index contributed by atoms with van der Waals surface area (Å²) in [6.45, 7) is 11.2. The third kappa shape index (κ3) is 3.77. The lowest BCUT2D eigenvalue weighted by Gasteiger charge is -2.33. The molecular formula is C18H30N2O3S2. The zero-order chi connectivity index (χ0) is 18.5. The number of carbonyl (C=O) groups is 2. The van der Waals surface area contributed by atoms with Crippen molar-refractivity contribution in [3.05, 3.63) is 0 Å². The van der Waals surface area contributed by atoms with Gasteiger partial charge in [-0.15, -0.1) is 23.5 Å². The fourth-order valence-corrected chi connectivity index (χ4v) is 7.08. The third-order valence-electron chi connectivity index (χ3n) is 5.32. The molecule has 3 rings (SSSR count). The molecule has 1 atom stereocenters. The van der Waals surface area contributed by atoms with Crippen LogP contribution >= 0.6 is 23.5 Å². The Morgan fingerprint density at radius 1 is 1.16 bits per heavy atom. The molecule has 2 heterocycles. The second-order valence-corrected chi connectivity index (χ2v) is 12.2. The van der Waals surface area contributed by atoms with Crippen molar-refractivity contribution in [2.75, 3.05) is 24.6 Å². The first-order chi connectivity index (χ1) is 11.5. The highest BCUT2D eigenvalue weighted by Gasteiger charge is 2.69. The molecule has 1 saturated carbocycles. The van der Waals surface area contributed by atoms with E-state index in [1.165, 1.54) is 17.9 Å². The Balaban J connectivity index is 1.69. The van der Waals surface area contributed by atoms with Gasteiger partial charge in [0.1, 0.15) is 11.1 Å². The molecule has 3 fully saturated rings. The first-order valence-electron chi connectivity index (χ1n) is 9.07. The molecule has 0 radical (unpaired) electrons. The summed E-state index contributed by atoms with van der Waals surface area (Å²) in [6.07, 6.45) is 2.46. The number of hydrogen-bond acceptors (Lipinski definition) is 5. The molecule has 3 aliphatic rings. The van der Waals surface area contributed by atoms with Crippen LogP contribution in [-0.2, 0) is 9.53 Å². The topological polar surface area (TPSA) is 58.6 Å². The van der Waals surface area contributed by atoms with Crippen LogP contribution in [0.1, 0.15) is 53.9 Å². The van der Waals surface area contributed by atoms with E-state index < -0.39 is 17.2 Å². The van der Waals surface area contributed by atoms with Crippen LogP contribution in [-0.4, -0.2) is 56.7 Å². The maximum atomic E-state index is 13.3. The first-order valence-corrected chi connectivity index (χ1v) is 11.0. The normalized spacial score (nSPS) is 30.2. The maximum absolute atomic E-state index is 13.3. The fourth-order valence-electron chi connectivity index (χ4n) is 3.78. The first kappa shape index (κ1) is 19.2. The van der Waals surface area contributed by atoms with Gasteiger partial charge >= 0.3 is 6.09 Å². The number of nitrogens with zero attached hydrogens (tertiary/aromatic N) is 1. The van der Waals surface area contributed by atoms with Gasteiger partial charge in [-0.3, -0.25) is 4.79 Å². The molecule has 0 aromatic rings. The summed E-state index contributed by atoms with van der Waals surface area (Å²) in [6, 6.07) is 0. The van der Waals surface area contributed by atoms with E-state index in [9.17, 15) is 9.59 Å². The lowest BCUT2D eigenvalue weighted by Crippen LogP contribution is -2.54. The zero-order valence-electron chi connectivity index (χ0n) is 15.9. The van der Waals surface area contributed by atoms with Crippen molar-refractivity contribution in [3.63, 3.8) is 0 Å². The summed E-state index contributed by atoms with van der Waals surface area (Å²) < 4.78 is 5.57. The quantitative estimate of drug-likeness (QED) is 0.787. The summed E-state index contributed by atoms with van der Waals surface area (Å²) in [5, 5.41) is 2.92. The van der Waals surface area contributed by atoms with E-state index in [0.29, 0.717) is 6.42 Å². The Bertz CT molecular complexity index is 567. The molecule has 0 aromatic carbocycles. The van der Waals surface area contributed by atoms with E-state index >= 15 is 0 Å². The van der Waals surface area contributed by atoms with E-state index in [1.54, 1.807) is 0 Å². The molecule has 5 nitrogen and oxygen atoms in total. The van der Waals surface area contributed by atoms with E-state index in [0.717, 1.165) is 19.5 Å². The van der Waals surface area contributed by atoms with Gasteiger partial charge in [0.15, 0.2) is 0 Å². The van der Waals surface area contributed by atoms with Gasteiger partial charge in [-0.1, -0.05) is 13.8 Å². The van der Waals surface area contributed by atoms with Gasteiger partial charge in [0.2, 0.25) is 5.91 Å². The summed E-state index contributed by atoms with van der Waals surface area (Å²) in [5.74, 6) is 2.43. The highest BCUT2D eigenvalue weighted by atomic mass is 32.2. The maximum Gasteiger partial charge on any atom is 0.408 e.